The van der Waals surface area contributed by atoms with Crippen molar-refractivity contribution in [2.45, 2.75) is 0 Å². The van der Waals surface area contributed by atoms with Gasteiger partial charge in [0.15, 0.2) is 0 Å². The van der Waals surface area contributed by atoms with Gasteiger partial charge < -0.3 is 9.84 Å². The average molecular weight is 241 g/mol. The van der Waals surface area contributed by atoms with Crippen LogP contribution in [0.4, 0.5) is 0 Å². The van der Waals surface area contributed by atoms with Crippen molar-refractivity contribution >= 4 is 12.2 Å². The largest absolute Gasteiger partial charge is 0.491 e. The van der Waals surface area contributed by atoms with Crippen LogP contribution >= 0.6 is 0 Å². The van der Waals surface area contributed by atoms with Gasteiger partial charge >= 0.3 is 0 Å². The van der Waals surface area contributed by atoms with Gasteiger partial charge in [-0.05, 0) is 35.4 Å². The van der Waals surface area contributed by atoms with Crippen LogP contribution in [0.25, 0.3) is 12.2 Å². The van der Waals surface area contributed by atoms with Crippen molar-refractivity contribution in [3.63, 3.8) is 0 Å². The van der Waals surface area contributed by atoms with Gasteiger partial charge in [-0.2, -0.15) is 0 Å². The number of nitrogens with zero attached hydrogens (tertiary/aromatic N) is 1. The molecule has 18 heavy (non-hydrogen) atoms. The van der Waals surface area contributed by atoms with Crippen LogP contribution in [0.1, 0.15) is 11.1 Å². The van der Waals surface area contributed by atoms with Crippen LogP contribution in [-0.2, 0) is 0 Å². The molecule has 92 valence electrons. The Morgan fingerprint density at radius 3 is 2.17 bits per heavy atom. The summed E-state index contributed by atoms with van der Waals surface area (Å²) in [5, 5.41) is 8.65. The van der Waals surface area contributed by atoms with E-state index in [0.29, 0.717) is 6.61 Å². The summed E-state index contributed by atoms with van der Waals surface area (Å²) in [5.41, 5.74) is 2.22. The quantitative estimate of drug-likeness (QED) is 0.875. The fourth-order valence-corrected chi connectivity index (χ4v) is 1.51. The summed E-state index contributed by atoms with van der Waals surface area (Å²) < 4.78 is 5.29. The van der Waals surface area contributed by atoms with Crippen LogP contribution in [0.15, 0.2) is 48.8 Å². The predicted octanol–water partition coefficient (Wildman–Crippen LogP) is 2.62. The molecular formula is C15H15NO2. The number of hydrogen-bond acceptors (Lipinski definition) is 3. The molecule has 0 amide bonds. The Morgan fingerprint density at radius 1 is 0.944 bits per heavy atom. The van der Waals surface area contributed by atoms with Crippen LogP contribution < -0.4 is 4.74 Å². The number of benzene rings is 1. The van der Waals surface area contributed by atoms with E-state index in [1.54, 1.807) is 12.4 Å². The zero-order valence-electron chi connectivity index (χ0n) is 9.99. The second kappa shape index (κ2) is 6.57. The third kappa shape index (κ3) is 3.71. The number of aliphatic hydroxyl groups excluding tert-OH is 1. The van der Waals surface area contributed by atoms with E-state index < -0.39 is 0 Å². The molecule has 0 aliphatic carbocycles. The molecule has 0 bridgehead atoms. The Balaban J connectivity index is 2.00. The summed E-state index contributed by atoms with van der Waals surface area (Å²) in [7, 11) is 0. The first-order valence-corrected chi connectivity index (χ1v) is 5.80. The summed E-state index contributed by atoms with van der Waals surface area (Å²) in [6.45, 7) is 0.357. The molecule has 1 N–H and O–H groups in total. The first kappa shape index (κ1) is 12.3. The number of pyridine rings is 1. The Hall–Kier alpha value is -2.13. The molecule has 1 aromatic carbocycles. The smallest absolute Gasteiger partial charge is 0.119 e. The number of rotatable bonds is 5. The highest BCUT2D eigenvalue weighted by Crippen LogP contribution is 2.14. The lowest BCUT2D eigenvalue weighted by molar-refractivity contribution is 0.201. The second-order valence-electron chi connectivity index (χ2n) is 3.75. The van der Waals surface area contributed by atoms with Crippen LogP contribution in [0.5, 0.6) is 5.75 Å². The number of aliphatic hydroxyl groups is 1. The maximum Gasteiger partial charge on any atom is 0.119 e. The van der Waals surface area contributed by atoms with Gasteiger partial charge in [-0.25, -0.2) is 0 Å². The van der Waals surface area contributed by atoms with E-state index in [2.05, 4.69) is 4.98 Å². The van der Waals surface area contributed by atoms with Crippen molar-refractivity contribution in [2.75, 3.05) is 13.2 Å². The molecule has 3 nitrogen and oxygen atoms in total. The molecule has 0 aliphatic rings. The molecule has 1 aromatic heterocycles. The topological polar surface area (TPSA) is 42.4 Å². The molecule has 0 saturated carbocycles. The zero-order chi connectivity index (χ0) is 12.6. The van der Waals surface area contributed by atoms with E-state index in [1.807, 2.05) is 48.6 Å². The zero-order valence-corrected chi connectivity index (χ0v) is 9.99. The van der Waals surface area contributed by atoms with Crippen LogP contribution in [0, 0.1) is 0 Å². The minimum atomic E-state index is 0.0314. The average Bonchev–Trinajstić information content (AvgIpc) is 2.45. The highest BCUT2D eigenvalue weighted by Gasteiger charge is 1.92. The SMILES string of the molecule is OCCOc1ccc(C=Cc2ccncc2)cc1. The minimum absolute atomic E-state index is 0.0314. The van der Waals surface area contributed by atoms with Crippen LogP contribution in [0.2, 0.25) is 0 Å². The summed E-state index contributed by atoms with van der Waals surface area (Å²) >= 11 is 0. The van der Waals surface area contributed by atoms with Crippen molar-refractivity contribution < 1.29 is 9.84 Å². The van der Waals surface area contributed by atoms with Crippen molar-refractivity contribution in [3.05, 3.63) is 59.9 Å². The molecule has 0 saturated heterocycles. The molecule has 2 aromatic rings. The molecule has 0 atom stereocenters. The van der Waals surface area contributed by atoms with Crippen molar-refractivity contribution in [1.29, 1.82) is 0 Å². The van der Waals surface area contributed by atoms with E-state index in [9.17, 15) is 0 Å². The van der Waals surface area contributed by atoms with Gasteiger partial charge in [-0.1, -0.05) is 24.3 Å². The maximum atomic E-state index is 8.65. The Kier molecular flexibility index (Phi) is 4.50. The maximum absolute atomic E-state index is 8.65. The van der Waals surface area contributed by atoms with Gasteiger partial charge in [0.2, 0.25) is 0 Å². The van der Waals surface area contributed by atoms with E-state index in [1.165, 1.54) is 0 Å². The summed E-state index contributed by atoms with van der Waals surface area (Å²) in [5.74, 6) is 0.769. The molecule has 0 spiro atoms. The monoisotopic (exact) mass is 241 g/mol. The van der Waals surface area contributed by atoms with Crippen molar-refractivity contribution in [1.82, 2.24) is 4.98 Å². The number of aromatic nitrogens is 1. The Morgan fingerprint density at radius 2 is 1.56 bits per heavy atom. The van der Waals surface area contributed by atoms with Gasteiger partial charge in [0, 0.05) is 12.4 Å². The third-order valence-corrected chi connectivity index (χ3v) is 2.41. The highest BCUT2D eigenvalue weighted by molar-refractivity contribution is 5.69. The van der Waals surface area contributed by atoms with Gasteiger partial charge in [0.05, 0.1) is 6.61 Å². The van der Waals surface area contributed by atoms with Crippen LogP contribution in [-0.4, -0.2) is 23.3 Å². The van der Waals surface area contributed by atoms with E-state index in [4.69, 9.17) is 9.84 Å². The van der Waals surface area contributed by atoms with E-state index in [0.717, 1.165) is 16.9 Å². The summed E-state index contributed by atoms with van der Waals surface area (Å²) in [4.78, 5) is 3.97. The molecular weight excluding hydrogens is 226 g/mol. The molecule has 0 fully saturated rings. The molecule has 0 aliphatic heterocycles. The first-order chi connectivity index (χ1) is 8.88. The second-order valence-corrected chi connectivity index (χ2v) is 3.75. The van der Waals surface area contributed by atoms with Crippen molar-refractivity contribution in [2.24, 2.45) is 0 Å². The normalized spacial score (nSPS) is 10.7. The lowest BCUT2D eigenvalue weighted by atomic mass is 10.1. The summed E-state index contributed by atoms with van der Waals surface area (Å²) in [6, 6.07) is 11.6. The molecule has 0 unspecified atom stereocenters. The lowest BCUT2D eigenvalue weighted by Gasteiger charge is -2.03. The lowest BCUT2D eigenvalue weighted by Crippen LogP contribution is -2.01. The summed E-state index contributed by atoms with van der Waals surface area (Å²) in [6.07, 6.45) is 7.60. The third-order valence-electron chi connectivity index (χ3n) is 2.41. The fourth-order valence-electron chi connectivity index (χ4n) is 1.51. The number of ether oxygens (including phenoxy) is 1. The highest BCUT2D eigenvalue weighted by atomic mass is 16.5. The minimum Gasteiger partial charge on any atom is -0.491 e. The Labute approximate surface area is 106 Å². The van der Waals surface area contributed by atoms with Crippen LogP contribution in [0.3, 0.4) is 0 Å². The molecule has 2 rings (SSSR count). The van der Waals surface area contributed by atoms with Gasteiger partial charge in [0.1, 0.15) is 12.4 Å². The van der Waals surface area contributed by atoms with Crippen molar-refractivity contribution in [3.8, 4) is 5.75 Å². The number of hydrogen-bond donors (Lipinski definition) is 1. The van der Waals surface area contributed by atoms with E-state index in [-0.39, 0.29) is 6.61 Å². The standard InChI is InChI=1S/C15H15NO2/c17-11-12-18-15-5-3-13(4-6-15)1-2-14-7-9-16-10-8-14/h1-10,17H,11-12H2. The molecule has 3 heteroatoms. The van der Waals surface area contributed by atoms with Gasteiger partial charge in [0.25, 0.3) is 0 Å². The Bertz CT molecular complexity index is 492. The first-order valence-electron chi connectivity index (χ1n) is 5.80. The predicted molar refractivity (Wildman–Crippen MR) is 72.2 cm³/mol. The van der Waals surface area contributed by atoms with Gasteiger partial charge in [-0.15, -0.1) is 0 Å². The van der Waals surface area contributed by atoms with Gasteiger partial charge in [-0.3, -0.25) is 4.98 Å². The molecule has 1 heterocycles. The fraction of sp³-hybridized carbons (Fsp3) is 0.133. The molecule has 0 radical (unpaired) electrons. The van der Waals surface area contributed by atoms with E-state index >= 15 is 0 Å².